The van der Waals surface area contributed by atoms with Crippen molar-refractivity contribution in [3.63, 3.8) is 0 Å². The van der Waals surface area contributed by atoms with Crippen LogP contribution in [0.5, 0.6) is 0 Å². The van der Waals surface area contributed by atoms with Gasteiger partial charge < -0.3 is 9.80 Å². The van der Waals surface area contributed by atoms with E-state index < -0.39 is 0 Å². The SMILES string of the molecule is O=C(c1cccs1)N1CCC2(CC1)C[C@H]2C(=O)N1CCN(C/C=C/c2ccccc2)CC1. The lowest BCUT2D eigenvalue weighted by atomic mass is 9.90. The zero-order chi connectivity index (χ0) is 22.0. The minimum Gasteiger partial charge on any atom is -0.340 e. The smallest absolute Gasteiger partial charge is 0.263 e. The second-order valence-electron chi connectivity index (χ2n) is 9.33. The lowest BCUT2D eigenvalue weighted by Crippen LogP contribution is -2.49. The lowest BCUT2D eigenvalue weighted by molar-refractivity contribution is -0.135. The Hall–Kier alpha value is -2.44. The standard InChI is InChI=1S/C26H31N3O2S/c30-24(29-17-15-27(16-18-29)12-4-8-21-6-2-1-3-7-21)22-20-26(22)10-13-28(14-11-26)25(31)23-9-5-19-32-23/h1-9,19,22H,10-18,20H2/b8-4+/t22-/m0/s1. The van der Waals surface area contributed by atoms with E-state index in [9.17, 15) is 9.59 Å². The molecule has 3 aliphatic rings. The van der Waals surface area contributed by atoms with Crippen LogP contribution in [0.1, 0.15) is 34.5 Å². The largest absolute Gasteiger partial charge is 0.340 e. The van der Waals surface area contributed by atoms with Gasteiger partial charge in [0.1, 0.15) is 0 Å². The molecule has 6 heteroatoms. The quantitative estimate of drug-likeness (QED) is 0.697. The number of amides is 2. The summed E-state index contributed by atoms with van der Waals surface area (Å²) in [5, 5.41) is 1.95. The number of carbonyl (C=O) groups excluding carboxylic acids is 2. The van der Waals surface area contributed by atoms with Crippen LogP contribution >= 0.6 is 11.3 Å². The lowest BCUT2D eigenvalue weighted by Gasteiger charge is -2.36. The third-order valence-electron chi connectivity index (χ3n) is 7.42. The van der Waals surface area contributed by atoms with Crippen molar-refractivity contribution >= 4 is 29.2 Å². The number of piperazine rings is 1. The van der Waals surface area contributed by atoms with Crippen LogP contribution in [0, 0.1) is 11.3 Å². The molecular formula is C26H31N3O2S. The molecule has 5 rings (SSSR count). The van der Waals surface area contributed by atoms with E-state index in [2.05, 4.69) is 46.2 Å². The minimum absolute atomic E-state index is 0.149. The highest BCUT2D eigenvalue weighted by Crippen LogP contribution is 2.60. The van der Waals surface area contributed by atoms with Gasteiger partial charge >= 0.3 is 0 Å². The van der Waals surface area contributed by atoms with Crippen molar-refractivity contribution < 1.29 is 9.59 Å². The maximum Gasteiger partial charge on any atom is 0.263 e. The molecule has 2 amide bonds. The summed E-state index contributed by atoms with van der Waals surface area (Å²) in [6.45, 7) is 6.02. The number of piperidine rings is 1. The van der Waals surface area contributed by atoms with Crippen molar-refractivity contribution in [2.24, 2.45) is 11.3 Å². The molecule has 32 heavy (non-hydrogen) atoms. The summed E-state index contributed by atoms with van der Waals surface area (Å²) >= 11 is 1.51. The van der Waals surface area contributed by atoms with E-state index in [0.29, 0.717) is 5.91 Å². The number of rotatable bonds is 5. The topological polar surface area (TPSA) is 43.9 Å². The van der Waals surface area contributed by atoms with Gasteiger partial charge in [-0.2, -0.15) is 0 Å². The Balaban J connectivity index is 1.06. The van der Waals surface area contributed by atoms with Gasteiger partial charge in [0.15, 0.2) is 0 Å². The van der Waals surface area contributed by atoms with Crippen molar-refractivity contribution in [2.75, 3.05) is 45.8 Å². The average molecular weight is 450 g/mol. The van der Waals surface area contributed by atoms with Gasteiger partial charge in [-0.25, -0.2) is 0 Å². The number of thiophene rings is 1. The molecule has 1 spiro atoms. The molecule has 1 aliphatic carbocycles. The number of carbonyl (C=O) groups is 2. The molecule has 2 aliphatic heterocycles. The average Bonchev–Trinajstić information content (AvgIpc) is 3.26. The van der Waals surface area contributed by atoms with Crippen molar-refractivity contribution in [1.82, 2.24) is 14.7 Å². The highest BCUT2D eigenvalue weighted by atomic mass is 32.1. The summed E-state index contributed by atoms with van der Waals surface area (Å²) in [5.74, 6) is 0.671. The van der Waals surface area contributed by atoms with Gasteiger partial charge in [-0.15, -0.1) is 11.3 Å². The summed E-state index contributed by atoms with van der Waals surface area (Å²) in [5.41, 5.74) is 1.38. The Morgan fingerprint density at radius 2 is 1.69 bits per heavy atom. The summed E-state index contributed by atoms with van der Waals surface area (Å²) in [6.07, 6.45) is 7.32. The second kappa shape index (κ2) is 9.20. The molecule has 0 N–H and O–H groups in total. The van der Waals surface area contributed by atoms with Crippen LogP contribution in [0.15, 0.2) is 53.9 Å². The summed E-state index contributed by atoms with van der Waals surface area (Å²) in [7, 11) is 0. The van der Waals surface area contributed by atoms with Crippen LogP contribution in [0.4, 0.5) is 0 Å². The fraction of sp³-hybridized carbons (Fsp3) is 0.462. The first-order valence-electron chi connectivity index (χ1n) is 11.7. The monoisotopic (exact) mass is 449 g/mol. The molecule has 3 heterocycles. The maximum atomic E-state index is 13.2. The first-order chi connectivity index (χ1) is 15.6. The van der Waals surface area contributed by atoms with Gasteiger partial charge in [0.2, 0.25) is 5.91 Å². The van der Waals surface area contributed by atoms with Crippen molar-refractivity contribution in [1.29, 1.82) is 0 Å². The Kier molecular flexibility index (Phi) is 6.15. The fourth-order valence-electron chi connectivity index (χ4n) is 5.23. The predicted molar refractivity (Wildman–Crippen MR) is 128 cm³/mol. The van der Waals surface area contributed by atoms with Crippen molar-refractivity contribution in [2.45, 2.75) is 19.3 Å². The van der Waals surface area contributed by atoms with Crippen LogP contribution in [0.3, 0.4) is 0 Å². The van der Waals surface area contributed by atoms with E-state index in [4.69, 9.17) is 0 Å². The molecule has 1 aromatic heterocycles. The normalized spacial score (nSPS) is 23.1. The Morgan fingerprint density at radius 3 is 2.38 bits per heavy atom. The third kappa shape index (κ3) is 4.52. The molecule has 2 saturated heterocycles. The fourth-order valence-corrected chi connectivity index (χ4v) is 5.92. The zero-order valence-corrected chi connectivity index (χ0v) is 19.3. The van der Waals surface area contributed by atoms with Gasteiger partial charge in [0, 0.05) is 51.7 Å². The highest BCUT2D eigenvalue weighted by Gasteiger charge is 2.59. The first kappa shape index (κ1) is 21.4. The molecule has 5 nitrogen and oxygen atoms in total. The third-order valence-corrected chi connectivity index (χ3v) is 8.28. The Bertz CT molecular complexity index is 956. The Morgan fingerprint density at radius 1 is 0.938 bits per heavy atom. The molecule has 0 radical (unpaired) electrons. The Labute approximate surface area is 194 Å². The van der Waals surface area contributed by atoms with Crippen molar-refractivity contribution in [3.8, 4) is 0 Å². The zero-order valence-electron chi connectivity index (χ0n) is 18.5. The van der Waals surface area contributed by atoms with Crippen LogP contribution < -0.4 is 0 Å². The molecule has 0 bridgehead atoms. The van der Waals surface area contributed by atoms with E-state index in [1.54, 1.807) is 0 Å². The van der Waals surface area contributed by atoms with Gasteiger partial charge in [-0.1, -0.05) is 48.6 Å². The number of nitrogens with zero attached hydrogens (tertiary/aromatic N) is 3. The van der Waals surface area contributed by atoms with Crippen LogP contribution in [-0.4, -0.2) is 72.3 Å². The van der Waals surface area contributed by atoms with Gasteiger partial charge in [0.25, 0.3) is 5.91 Å². The van der Waals surface area contributed by atoms with Gasteiger partial charge in [-0.05, 0) is 41.7 Å². The van der Waals surface area contributed by atoms with E-state index >= 15 is 0 Å². The number of hydrogen-bond acceptors (Lipinski definition) is 4. The van der Waals surface area contributed by atoms with Crippen LogP contribution in [0.2, 0.25) is 0 Å². The molecule has 3 fully saturated rings. The summed E-state index contributed by atoms with van der Waals surface area (Å²) in [6, 6.07) is 14.2. The van der Waals surface area contributed by atoms with E-state index in [1.165, 1.54) is 16.9 Å². The van der Waals surface area contributed by atoms with E-state index in [1.807, 2.05) is 28.5 Å². The van der Waals surface area contributed by atoms with Crippen LogP contribution in [-0.2, 0) is 4.79 Å². The molecule has 168 valence electrons. The maximum absolute atomic E-state index is 13.2. The highest BCUT2D eigenvalue weighted by molar-refractivity contribution is 7.12. The second-order valence-corrected chi connectivity index (χ2v) is 10.3. The van der Waals surface area contributed by atoms with Gasteiger partial charge in [-0.3, -0.25) is 14.5 Å². The number of hydrogen-bond donors (Lipinski definition) is 0. The molecule has 1 atom stereocenters. The molecular weight excluding hydrogens is 418 g/mol. The first-order valence-corrected chi connectivity index (χ1v) is 12.6. The van der Waals surface area contributed by atoms with E-state index in [-0.39, 0.29) is 17.2 Å². The van der Waals surface area contributed by atoms with Crippen molar-refractivity contribution in [3.05, 3.63) is 64.4 Å². The molecule has 1 saturated carbocycles. The summed E-state index contributed by atoms with van der Waals surface area (Å²) in [4.78, 5) is 33.0. The predicted octanol–water partition coefficient (Wildman–Crippen LogP) is 3.85. The van der Waals surface area contributed by atoms with Crippen LogP contribution in [0.25, 0.3) is 6.08 Å². The molecule has 1 aromatic carbocycles. The molecule has 2 aromatic rings. The summed E-state index contributed by atoms with van der Waals surface area (Å²) < 4.78 is 0. The number of likely N-dealkylation sites (tertiary alicyclic amines) is 1. The number of benzene rings is 1. The van der Waals surface area contributed by atoms with E-state index in [0.717, 1.165) is 70.0 Å². The minimum atomic E-state index is 0.149. The molecule has 0 unspecified atom stereocenters. The van der Waals surface area contributed by atoms with Gasteiger partial charge in [0.05, 0.1) is 4.88 Å².